The number of aromatic nitrogens is 1. The number of carboxylic acids is 1. The van der Waals surface area contributed by atoms with Crippen molar-refractivity contribution in [2.24, 2.45) is 0 Å². The summed E-state index contributed by atoms with van der Waals surface area (Å²) in [6.45, 7) is 3.49. The van der Waals surface area contributed by atoms with Crippen LogP contribution in [0.5, 0.6) is 0 Å². The number of carboxylic acid groups (broad SMARTS) is 1. The van der Waals surface area contributed by atoms with Crippen molar-refractivity contribution >= 4 is 12.0 Å². The Morgan fingerprint density at radius 1 is 1.57 bits per heavy atom. The highest BCUT2D eigenvalue weighted by molar-refractivity contribution is 5.74. The largest absolute Gasteiger partial charge is 0.481 e. The van der Waals surface area contributed by atoms with Gasteiger partial charge in [0.1, 0.15) is 0 Å². The number of morpholine rings is 1. The van der Waals surface area contributed by atoms with E-state index in [0.717, 1.165) is 11.1 Å². The highest BCUT2D eigenvalue weighted by Crippen LogP contribution is 2.10. The molecule has 0 aromatic carbocycles. The van der Waals surface area contributed by atoms with Gasteiger partial charge in [-0.15, -0.1) is 0 Å². The molecule has 2 amide bonds. The quantitative estimate of drug-likeness (QED) is 0.855. The summed E-state index contributed by atoms with van der Waals surface area (Å²) < 4.78 is 5.34. The molecule has 1 aliphatic rings. The average Bonchev–Trinajstić information content (AvgIpc) is 2.45. The molecule has 1 unspecified atom stereocenters. The predicted octanol–water partition coefficient (Wildman–Crippen LogP) is 0.775. The highest BCUT2D eigenvalue weighted by atomic mass is 16.5. The van der Waals surface area contributed by atoms with Crippen LogP contribution >= 0.6 is 0 Å². The summed E-state index contributed by atoms with van der Waals surface area (Å²) in [4.78, 5) is 28.4. The first-order chi connectivity index (χ1) is 10.1. The Bertz CT molecular complexity index is 521. The Balaban J connectivity index is 1.85. The third kappa shape index (κ3) is 4.42. The Labute approximate surface area is 122 Å². The molecule has 0 spiro atoms. The fourth-order valence-corrected chi connectivity index (χ4v) is 2.21. The van der Waals surface area contributed by atoms with E-state index in [9.17, 15) is 9.59 Å². The zero-order valence-electron chi connectivity index (χ0n) is 11.9. The van der Waals surface area contributed by atoms with Gasteiger partial charge in [-0.2, -0.15) is 0 Å². The molecule has 21 heavy (non-hydrogen) atoms. The molecular weight excluding hydrogens is 274 g/mol. The van der Waals surface area contributed by atoms with Crippen LogP contribution in [0.15, 0.2) is 18.5 Å². The van der Waals surface area contributed by atoms with Gasteiger partial charge < -0.3 is 20.1 Å². The van der Waals surface area contributed by atoms with Gasteiger partial charge in [-0.25, -0.2) is 4.79 Å². The number of urea groups is 1. The number of hydrogen-bond acceptors (Lipinski definition) is 4. The maximum atomic E-state index is 12.1. The predicted molar refractivity (Wildman–Crippen MR) is 74.8 cm³/mol. The summed E-state index contributed by atoms with van der Waals surface area (Å²) in [5.74, 6) is -0.922. The Morgan fingerprint density at radius 3 is 3.10 bits per heavy atom. The second-order valence-electron chi connectivity index (χ2n) is 5.00. The van der Waals surface area contributed by atoms with Crippen LogP contribution in [0, 0.1) is 6.92 Å². The highest BCUT2D eigenvalue weighted by Gasteiger charge is 2.25. The van der Waals surface area contributed by atoms with Crippen molar-refractivity contribution in [3.63, 3.8) is 0 Å². The van der Waals surface area contributed by atoms with Crippen molar-refractivity contribution in [2.45, 2.75) is 26.0 Å². The molecule has 0 radical (unpaired) electrons. The van der Waals surface area contributed by atoms with Crippen LogP contribution in [0.3, 0.4) is 0 Å². The lowest BCUT2D eigenvalue weighted by atomic mass is 10.1. The number of rotatable bonds is 4. The Kier molecular flexibility index (Phi) is 5.10. The van der Waals surface area contributed by atoms with Crippen LogP contribution in [0.25, 0.3) is 0 Å². The summed E-state index contributed by atoms with van der Waals surface area (Å²) in [5, 5.41) is 11.6. The van der Waals surface area contributed by atoms with Gasteiger partial charge in [0, 0.05) is 32.0 Å². The van der Waals surface area contributed by atoms with Gasteiger partial charge in [0.05, 0.1) is 19.1 Å². The molecule has 0 bridgehead atoms. The number of aliphatic carboxylic acids is 1. The molecule has 2 rings (SSSR count). The zero-order chi connectivity index (χ0) is 15.2. The first-order valence-corrected chi connectivity index (χ1v) is 6.82. The van der Waals surface area contributed by atoms with Crippen LogP contribution in [0.4, 0.5) is 4.79 Å². The topological polar surface area (TPSA) is 91.8 Å². The van der Waals surface area contributed by atoms with E-state index < -0.39 is 12.1 Å². The summed E-state index contributed by atoms with van der Waals surface area (Å²) in [7, 11) is 0. The molecule has 7 heteroatoms. The minimum absolute atomic E-state index is 0.0900. The molecule has 1 fully saturated rings. The van der Waals surface area contributed by atoms with Crippen molar-refractivity contribution < 1.29 is 19.4 Å². The van der Waals surface area contributed by atoms with Crippen molar-refractivity contribution in [1.82, 2.24) is 15.2 Å². The number of carbonyl (C=O) groups is 2. The summed E-state index contributed by atoms with van der Waals surface area (Å²) >= 11 is 0. The molecule has 1 aromatic rings. The first kappa shape index (κ1) is 15.2. The Hall–Kier alpha value is -2.15. The van der Waals surface area contributed by atoms with E-state index in [0.29, 0.717) is 26.2 Å². The van der Waals surface area contributed by atoms with Gasteiger partial charge in [-0.3, -0.25) is 9.78 Å². The molecule has 2 heterocycles. The number of aryl methyl sites for hydroxylation is 1. The number of carbonyl (C=O) groups excluding carboxylic acids is 1. The molecular formula is C14H19N3O4. The van der Waals surface area contributed by atoms with E-state index in [1.165, 1.54) is 0 Å². The van der Waals surface area contributed by atoms with Gasteiger partial charge in [0.25, 0.3) is 0 Å². The van der Waals surface area contributed by atoms with Crippen molar-refractivity contribution in [3.05, 3.63) is 29.6 Å². The van der Waals surface area contributed by atoms with Gasteiger partial charge >= 0.3 is 12.0 Å². The van der Waals surface area contributed by atoms with Crippen molar-refractivity contribution in [3.8, 4) is 0 Å². The van der Waals surface area contributed by atoms with E-state index in [2.05, 4.69) is 10.3 Å². The normalized spacial score (nSPS) is 18.3. The minimum Gasteiger partial charge on any atom is -0.481 e. The molecule has 1 aromatic heterocycles. The average molecular weight is 293 g/mol. The molecule has 7 nitrogen and oxygen atoms in total. The van der Waals surface area contributed by atoms with Crippen molar-refractivity contribution in [1.29, 1.82) is 0 Å². The van der Waals surface area contributed by atoms with E-state index in [1.807, 2.05) is 13.0 Å². The molecule has 114 valence electrons. The smallest absolute Gasteiger partial charge is 0.317 e. The van der Waals surface area contributed by atoms with Crippen molar-refractivity contribution in [2.75, 3.05) is 19.7 Å². The number of pyridine rings is 1. The maximum Gasteiger partial charge on any atom is 0.317 e. The fraction of sp³-hybridized carbons (Fsp3) is 0.500. The second-order valence-corrected chi connectivity index (χ2v) is 5.00. The van der Waals surface area contributed by atoms with Crippen LogP contribution in [0.1, 0.15) is 17.5 Å². The van der Waals surface area contributed by atoms with Crippen LogP contribution in [0.2, 0.25) is 0 Å². The molecule has 1 atom stereocenters. The monoisotopic (exact) mass is 293 g/mol. The first-order valence-electron chi connectivity index (χ1n) is 6.82. The Morgan fingerprint density at radius 2 is 2.38 bits per heavy atom. The van der Waals surface area contributed by atoms with E-state index >= 15 is 0 Å². The molecule has 1 saturated heterocycles. The van der Waals surface area contributed by atoms with Gasteiger partial charge in [0.2, 0.25) is 0 Å². The lowest BCUT2D eigenvalue weighted by Crippen LogP contribution is -2.49. The number of ether oxygens (including phenoxy) is 1. The molecule has 2 N–H and O–H groups in total. The van der Waals surface area contributed by atoms with Crippen LogP contribution in [-0.4, -0.2) is 52.8 Å². The molecule has 0 saturated carbocycles. The maximum absolute atomic E-state index is 12.1. The van der Waals surface area contributed by atoms with Gasteiger partial charge in [-0.05, 0) is 24.1 Å². The fourth-order valence-electron chi connectivity index (χ4n) is 2.21. The van der Waals surface area contributed by atoms with Gasteiger partial charge in [0.15, 0.2) is 0 Å². The van der Waals surface area contributed by atoms with Crippen LogP contribution in [-0.2, 0) is 16.1 Å². The number of amides is 2. The lowest BCUT2D eigenvalue weighted by molar-refractivity contribution is -0.141. The summed E-state index contributed by atoms with van der Waals surface area (Å²) in [6, 6.07) is 1.66. The van der Waals surface area contributed by atoms with E-state index in [4.69, 9.17) is 9.84 Å². The summed E-state index contributed by atoms with van der Waals surface area (Å²) in [6.07, 6.45) is 2.91. The zero-order valence-corrected chi connectivity index (χ0v) is 11.9. The second kappa shape index (κ2) is 7.03. The third-order valence-corrected chi connectivity index (χ3v) is 3.39. The van der Waals surface area contributed by atoms with Crippen LogP contribution < -0.4 is 5.32 Å². The number of nitrogens with zero attached hydrogens (tertiary/aromatic N) is 2. The van der Waals surface area contributed by atoms with Gasteiger partial charge in [-0.1, -0.05) is 0 Å². The number of nitrogens with one attached hydrogen (secondary N) is 1. The third-order valence-electron chi connectivity index (χ3n) is 3.39. The SMILES string of the molecule is Cc1cnccc1CNC(=O)N1CCOC(CC(=O)O)C1. The standard InChI is InChI=1S/C14H19N3O4/c1-10-7-15-3-2-11(10)8-16-14(20)17-4-5-21-12(9-17)6-13(18)19/h2-3,7,12H,4-6,8-9H2,1H3,(H,16,20)(H,18,19). The number of hydrogen-bond donors (Lipinski definition) is 2. The minimum atomic E-state index is -0.922. The molecule has 0 aliphatic carbocycles. The van der Waals surface area contributed by atoms with E-state index in [1.54, 1.807) is 17.3 Å². The lowest BCUT2D eigenvalue weighted by Gasteiger charge is -2.32. The summed E-state index contributed by atoms with van der Waals surface area (Å²) in [5.41, 5.74) is 2.03. The molecule has 1 aliphatic heterocycles. The van der Waals surface area contributed by atoms with E-state index in [-0.39, 0.29) is 12.5 Å².